The molecule has 1 heterocycles. The van der Waals surface area contributed by atoms with Crippen molar-refractivity contribution in [1.82, 2.24) is 10.3 Å². The van der Waals surface area contributed by atoms with Gasteiger partial charge in [-0.15, -0.1) is 0 Å². The zero-order chi connectivity index (χ0) is 11.1. The minimum absolute atomic E-state index is 0.168. The highest BCUT2D eigenvalue weighted by molar-refractivity contribution is 5.08. The van der Waals surface area contributed by atoms with E-state index in [1.165, 1.54) is 0 Å². The first-order valence-electron chi connectivity index (χ1n) is 5.45. The SMILES string of the molecule is CCCC(C)(CO)NCc1cccnc1. The Morgan fingerprint density at radius 2 is 2.33 bits per heavy atom. The Kier molecular flexibility index (Phi) is 4.72. The van der Waals surface area contributed by atoms with Gasteiger partial charge in [-0.05, 0) is 25.0 Å². The molecule has 0 saturated heterocycles. The van der Waals surface area contributed by atoms with Gasteiger partial charge in [0.1, 0.15) is 0 Å². The summed E-state index contributed by atoms with van der Waals surface area (Å²) in [6.07, 6.45) is 5.65. The van der Waals surface area contributed by atoms with Crippen molar-refractivity contribution in [2.45, 2.75) is 38.8 Å². The monoisotopic (exact) mass is 208 g/mol. The molecule has 3 heteroatoms. The number of aromatic nitrogens is 1. The standard InChI is InChI=1S/C12H20N2O/c1-3-6-12(2,10-15)14-9-11-5-4-7-13-8-11/h4-5,7-8,14-15H,3,6,9-10H2,1-2H3. The molecule has 0 radical (unpaired) electrons. The highest BCUT2D eigenvalue weighted by atomic mass is 16.3. The second-order valence-electron chi connectivity index (χ2n) is 4.18. The third kappa shape index (κ3) is 3.98. The Labute approximate surface area is 91.5 Å². The Balaban J connectivity index is 2.47. The van der Waals surface area contributed by atoms with Crippen molar-refractivity contribution >= 4 is 0 Å². The second-order valence-corrected chi connectivity index (χ2v) is 4.18. The zero-order valence-corrected chi connectivity index (χ0v) is 9.53. The lowest BCUT2D eigenvalue weighted by Crippen LogP contribution is -2.45. The van der Waals surface area contributed by atoms with Crippen LogP contribution in [-0.2, 0) is 6.54 Å². The van der Waals surface area contributed by atoms with Gasteiger partial charge in [-0.2, -0.15) is 0 Å². The Hall–Kier alpha value is -0.930. The van der Waals surface area contributed by atoms with Crippen LogP contribution in [-0.4, -0.2) is 22.2 Å². The summed E-state index contributed by atoms with van der Waals surface area (Å²) < 4.78 is 0. The molecule has 1 aromatic rings. The van der Waals surface area contributed by atoms with E-state index in [1.54, 1.807) is 6.20 Å². The molecule has 1 rings (SSSR count). The third-order valence-corrected chi connectivity index (χ3v) is 2.59. The number of nitrogens with zero attached hydrogens (tertiary/aromatic N) is 1. The lowest BCUT2D eigenvalue weighted by Gasteiger charge is -2.28. The van der Waals surface area contributed by atoms with Crippen molar-refractivity contribution in [3.05, 3.63) is 30.1 Å². The summed E-state index contributed by atoms with van der Waals surface area (Å²) in [7, 11) is 0. The van der Waals surface area contributed by atoms with Gasteiger partial charge >= 0.3 is 0 Å². The van der Waals surface area contributed by atoms with Crippen molar-refractivity contribution in [1.29, 1.82) is 0 Å². The van der Waals surface area contributed by atoms with Crippen LogP contribution in [0.3, 0.4) is 0 Å². The topological polar surface area (TPSA) is 45.1 Å². The molecule has 84 valence electrons. The molecule has 15 heavy (non-hydrogen) atoms. The fraction of sp³-hybridized carbons (Fsp3) is 0.583. The van der Waals surface area contributed by atoms with Crippen molar-refractivity contribution in [3.8, 4) is 0 Å². The van der Waals surface area contributed by atoms with Crippen molar-refractivity contribution < 1.29 is 5.11 Å². The quantitative estimate of drug-likeness (QED) is 0.748. The van der Waals surface area contributed by atoms with Crippen LogP contribution < -0.4 is 5.32 Å². The lowest BCUT2D eigenvalue weighted by molar-refractivity contribution is 0.163. The number of pyridine rings is 1. The molecule has 0 bridgehead atoms. The average molecular weight is 208 g/mol. The smallest absolute Gasteiger partial charge is 0.0610 e. The molecule has 0 fully saturated rings. The Morgan fingerprint density at radius 3 is 2.87 bits per heavy atom. The fourth-order valence-corrected chi connectivity index (χ4v) is 1.59. The number of aliphatic hydroxyl groups is 1. The first-order valence-corrected chi connectivity index (χ1v) is 5.45. The molecule has 1 atom stereocenters. The highest BCUT2D eigenvalue weighted by Gasteiger charge is 2.20. The number of rotatable bonds is 6. The molecule has 1 unspecified atom stereocenters. The zero-order valence-electron chi connectivity index (χ0n) is 9.53. The van der Waals surface area contributed by atoms with Gasteiger partial charge in [-0.3, -0.25) is 4.98 Å². The van der Waals surface area contributed by atoms with Gasteiger partial charge in [-0.25, -0.2) is 0 Å². The maximum Gasteiger partial charge on any atom is 0.0610 e. The molecule has 0 amide bonds. The summed E-state index contributed by atoms with van der Waals surface area (Å²) in [5.74, 6) is 0. The molecule has 0 aromatic carbocycles. The summed E-state index contributed by atoms with van der Waals surface area (Å²) in [5.41, 5.74) is 0.971. The first-order chi connectivity index (χ1) is 7.20. The van der Waals surface area contributed by atoms with Crippen LogP contribution in [0.15, 0.2) is 24.5 Å². The van der Waals surface area contributed by atoms with Crippen LogP contribution in [0.2, 0.25) is 0 Å². The minimum atomic E-state index is -0.176. The third-order valence-electron chi connectivity index (χ3n) is 2.59. The number of nitrogens with one attached hydrogen (secondary N) is 1. The van der Waals surface area contributed by atoms with Crippen molar-refractivity contribution in [2.24, 2.45) is 0 Å². The van der Waals surface area contributed by atoms with E-state index in [-0.39, 0.29) is 12.1 Å². The van der Waals surface area contributed by atoms with E-state index in [0.29, 0.717) is 0 Å². The predicted octanol–water partition coefficient (Wildman–Crippen LogP) is 1.72. The van der Waals surface area contributed by atoms with Crippen molar-refractivity contribution in [2.75, 3.05) is 6.61 Å². The largest absolute Gasteiger partial charge is 0.394 e. The van der Waals surface area contributed by atoms with Crippen LogP contribution in [0.4, 0.5) is 0 Å². The summed E-state index contributed by atoms with van der Waals surface area (Å²) in [5, 5.41) is 12.7. The van der Waals surface area contributed by atoms with Crippen LogP contribution in [0, 0.1) is 0 Å². The molecule has 3 nitrogen and oxygen atoms in total. The van der Waals surface area contributed by atoms with E-state index >= 15 is 0 Å². The van der Waals surface area contributed by atoms with E-state index in [4.69, 9.17) is 0 Å². The molecule has 0 saturated carbocycles. The highest BCUT2D eigenvalue weighted by Crippen LogP contribution is 2.12. The molecular formula is C12H20N2O. The van der Waals surface area contributed by atoms with Crippen LogP contribution in [0.5, 0.6) is 0 Å². The van der Waals surface area contributed by atoms with Crippen molar-refractivity contribution in [3.63, 3.8) is 0 Å². The Bertz CT molecular complexity index is 276. The fourth-order valence-electron chi connectivity index (χ4n) is 1.59. The lowest BCUT2D eigenvalue weighted by atomic mass is 9.97. The predicted molar refractivity (Wildman–Crippen MR) is 61.5 cm³/mol. The van der Waals surface area contributed by atoms with Gasteiger partial charge in [0.15, 0.2) is 0 Å². The summed E-state index contributed by atoms with van der Waals surface area (Å²) >= 11 is 0. The van der Waals surface area contributed by atoms with Gasteiger partial charge in [-0.1, -0.05) is 19.4 Å². The van der Waals surface area contributed by atoms with Gasteiger partial charge < -0.3 is 10.4 Å². The van der Waals surface area contributed by atoms with E-state index in [0.717, 1.165) is 24.9 Å². The first kappa shape index (κ1) is 12.1. The molecule has 0 aliphatic rings. The summed E-state index contributed by atoms with van der Waals surface area (Å²) in [6, 6.07) is 3.96. The van der Waals surface area contributed by atoms with Crippen LogP contribution in [0.1, 0.15) is 32.3 Å². The maximum absolute atomic E-state index is 9.32. The Morgan fingerprint density at radius 1 is 1.53 bits per heavy atom. The van der Waals surface area contributed by atoms with E-state index in [9.17, 15) is 5.11 Å². The van der Waals surface area contributed by atoms with E-state index in [1.807, 2.05) is 25.3 Å². The van der Waals surface area contributed by atoms with Gasteiger partial charge in [0.05, 0.1) is 6.61 Å². The van der Waals surface area contributed by atoms with Gasteiger partial charge in [0.2, 0.25) is 0 Å². The van der Waals surface area contributed by atoms with Gasteiger partial charge in [0, 0.05) is 24.5 Å². The summed E-state index contributed by atoms with van der Waals surface area (Å²) in [4.78, 5) is 4.05. The van der Waals surface area contributed by atoms with E-state index < -0.39 is 0 Å². The molecule has 0 aliphatic heterocycles. The number of aliphatic hydroxyl groups excluding tert-OH is 1. The number of hydrogen-bond donors (Lipinski definition) is 2. The molecule has 1 aromatic heterocycles. The summed E-state index contributed by atoms with van der Waals surface area (Å²) in [6.45, 7) is 5.10. The minimum Gasteiger partial charge on any atom is -0.394 e. The number of hydrogen-bond acceptors (Lipinski definition) is 3. The average Bonchev–Trinajstić information content (AvgIpc) is 2.28. The van der Waals surface area contributed by atoms with Gasteiger partial charge in [0.25, 0.3) is 0 Å². The van der Waals surface area contributed by atoms with Crippen LogP contribution in [0.25, 0.3) is 0 Å². The molecule has 2 N–H and O–H groups in total. The molecular weight excluding hydrogens is 188 g/mol. The van der Waals surface area contributed by atoms with Crippen LogP contribution >= 0.6 is 0 Å². The molecule has 0 aliphatic carbocycles. The molecule has 0 spiro atoms. The van der Waals surface area contributed by atoms with E-state index in [2.05, 4.69) is 17.2 Å². The maximum atomic E-state index is 9.32. The second kappa shape index (κ2) is 5.83. The normalized spacial score (nSPS) is 14.9.